The number of carboxylic acids is 2. The minimum atomic E-state index is -1.35. The van der Waals surface area contributed by atoms with E-state index in [0.29, 0.717) is 24.5 Å². The summed E-state index contributed by atoms with van der Waals surface area (Å²) in [6.45, 7) is 2.52. The van der Waals surface area contributed by atoms with Crippen molar-refractivity contribution in [2.45, 2.75) is 36.7 Å². The zero-order valence-electron chi connectivity index (χ0n) is 14.8. The Morgan fingerprint density at radius 2 is 2.00 bits per heavy atom. The predicted octanol–water partition coefficient (Wildman–Crippen LogP) is -0.136. The van der Waals surface area contributed by atoms with Crippen LogP contribution in [-0.4, -0.2) is 71.3 Å². The number of benzene rings is 1. The van der Waals surface area contributed by atoms with E-state index in [1.165, 1.54) is 6.92 Å². The van der Waals surface area contributed by atoms with Crippen LogP contribution in [0.25, 0.3) is 0 Å². The molecule has 0 spiro atoms. The number of nitrogens with zero attached hydrogens (tertiary/aromatic N) is 1. The Bertz CT molecular complexity index is 747. The molecule has 5 N–H and O–H groups in total. The average molecular weight is 362 g/mol. The highest BCUT2D eigenvalue weighted by Gasteiger charge is 2.39. The third-order valence-electron chi connectivity index (χ3n) is 5.15. The molecule has 9 heteroatoms. The Balaban J connectivity index is 1.67. The molecule has 1 saturated carbocycles. The molecule has 1 aromatic rings. The molecular formula is C17H23BN2O6. The lowest BCUT2D eigenvalue weighted by Crippen LogP contribution is -2.62. The summed E-state index contributed by atoms with van der Waals surface area (Å²) < 4.78 is 5.74. The van der Waals surface area contributed by atoms with E-state index in [0.717, 1.165) is 6.42 Å². The molecule has 1 aromatic carbocycles. The summed E-state index contributed by atoms with van der Waals surface area (Å²) in [7, 11) is 2.06. The average Bonchev–Trinajstić information content (AvgIpc) is 3.21. The molecule has 3 atom stereocenters. The van der Waals surface area contributed by atoms with Gasteiger partial charge in [-0.1, -0.05) is 18.3 Å². The zero-order chi connectivity index (χ0) is 19.2. The van der Waals surface area contributed by atoms with Gasteiger partial charge in [0.15, 0.2) is 0 Å². The summed E-state index contributed by atoms with van der Waals surface area (Å²) in [5.41, 5.74) is 4.81. The quantitative estimate of drug-likeness (QED) is 0.493. The molecule has 3 unspecified atom stereocenters. The minimum Gasteiger partial charge on any atom is -0.507 e. The summed E-state index contributed by atoms with van der Waals surface area (Å²) in [5, 5.41) is 28.9. The molecule has 26 heavy (non-hydrogen) atoms. The van der Waals surface area contributed by atoms with Crippen molar-refractivity contribution in [2.24, 2.45) is 5.73 Å². The van der Waals surface area contributed by atoms with E-state index < -0.39 is 17.5 Å². The maximum Gasteiger partial charge on any atom is 0.343 e. The summed E-state index contributed by atoms with van der Waals surface area (Å²) in [6.07, 6.45) is 0.661. The maximum atomic E-state index is 11.6. The molecule has 0 radical (unpaired) electrons. The number of carbonyl (C=O) groups is 2. The molecule has 1 saturated heterocycles. The van der Waals surface area contributed by atoms with Gasteiger partial charge in [0.1, 0.15) is 36.6 Å². The third kappa shape index (κ3) is 3.49. The van der Waals surface area contributed by atoms with E-state index in [2.05, 4.69) is 7.85 Å². The number of likely N-dealkylation sites (tertiary alicyclic amines) is 1. The molecular weight excluding hydrogens is 339 g/mol. The first-order valence-electron chi connectivity index (χ1n) is 8.60. The number of carboxylic acid groups (broad SMARTS) is 2. The normalized spacial score (nSPS) is 25.2. The van der Waals surface area contributed by atoms with Crippen LogP contribution in [0.1, 0.15) is 35.2 Å². The zero-order valence-corrected chi connectivity index (χ0v) is 14.8. The fourth-order valence-corrected chi connectivity index (χ4v) is 3.39. The highest BCUT2D eigenvalue weighted by molar-refractivity contribution is 6.14. The Labute approximate surface area is 152 Å². The molecule has 3 rings (SSSR count). The first-order valence-corrected chi connectivity index (χ1v) is 8.60. The van der Waals surface area contributed by atoms with Crippen LogP contribution >= 0.6 is 0 Å². The second kappa shape index (κ2) is 6.48. The Morgan fingerprint density at radius 3 is 2.50 bits per heavy atom. The Morgan fingerprint density at radius 1 is 1.38 bits per heavy atom. The van der Waals surface area contributed by atoms with Crippen LogP contribution < -0.4 is 10.5 Å². The van der Waals surface area contributed by atoms with Crippen LogP contribution in [0, 0.1) is 0 Å². The van der Waals surface area contributed by atoms with E-state index >= 15 is 0 Å². The van der Waals surface area contributed by atoms with Crippen molar-refractivity contribution in [3.05, 3.63) is 23.3 Å². The summed E-state index contributed by atoms with van der Waals surface area (Å²) in [5.74, 6) is -1.77. The minimum absolute atomic E-state index is 0.130. The van der Waals surface area contributed by atoms with Gasteiger partial charge in [-0.15, -0.1) is 0 Å². The molecule has 8 nitrogen and oxygen atoms in total. The van der Waals surface area contributed by atoms with Gasteiger partial charge in [-0.25, -0.2) is 4.79 Å². The number of aliphatic carboxylic acids is 1. The third-order valence-corrected chi connectivity index (χ3v) is 5.15. The van der Waals surface area contributed by atoms with Crippen molar-refractivity contribution < 1.29 is 29.6 Å². The number of hydrogen-bond donors (Lipinski definition) is 4. The van der Waals surface area contributed by atoms with Crippen molar-refractivity contribution >= 4 is 19.8 Å². The fourth-order valence-electron chi connectivity index (χ4n) is 3.39. The number of aromatic hydroxyl groups is 1. The molecule has 0 bridgehead atoms. The fraction of sp³-hybridized carbons (Fsp3) is 0.529. The summed E-state index contributed by atoms with van der Waals surface area (Å²) >= 11 is 0. The molecule has 2 aliphatic rings. The van der Waals surface area contributed by atoms with Gasteiger partial charge in [0.25, 0.3) is 0 Å². The lowest BCUT2D eigenvalue weighted by Gasteiger charge is -2.41. The van der Waals surface area contributed by atoms with Crippen LogP contribution in [0.15, 0.2) is 12.1 Å². The Kier molecular flexibility index (Phi) is 4.62. The van der Waals surface area contributed by atoms with Gasteiger partial charge in [-0.2, -0.15) is 0 Å². The summed E-state index contributed by atoms with van der Waals surface area (Å²) in [6, 6.07) is 3.32. The highest BCUT2D eigenvalue weighted by Crippen LogP contribution is 2.54. The van der Waals surface area contributed by atoms with Crippen molar-refractivity contribution in [2.75, 3.05) is 19.6 Å². The van der Waals surface area contributed by atoms with Crippen molar-refractivity contribution in [1.29, 1.82) is 0 Å². The molecule has 140 valence electrons. The number of aromatic carboxylic acids is 1. The smallest absolute Gasteiger partial charge is 0.343 e. The van der Waals surface area contributed by atoms with Crippen molar-refractivity contribution in [1.82, 2.24) is 4.90 Å². The van der Waals surface area contributed by atoms with Gasteiger partial charge in [-0.3, -0.25) is 9.69 Å². The molecule has 1 aliphatic carbocycles. The van der Waals surface area contributed by atoms with Crippen LogP contribution in [0.2, 0.25) is 5.82 Å². The lowest BCUT2D eigenvalue weighted by atomic mass is 9.95. The topological polar surface area (TPSA) is 133 Å². The highest BCUT2D eigenvalue weighted by atomic mass is 16.5. The first-order chi connectivity index (χ1) is 12.1. The largest absolute Gasteiger partial charge is 0.507 e. The maximum absolute atomic E-state index is 11.6. The molecule has 0 amide bonds. The van der Waals surface area contributed by atoms with Crippen LogP contribution in [0.5, 0.6) is 11.5 Å². The molecule has 1 aliphatic heterocycles. The standard InChI is InChI=1S/C17H23BN2O6/c1-17(19,16(24)25)7-20-5-8(6-20)26-12-3-2-9(10-4-11(10)18)14(21)13(12)15(22)23/h2-3,8,10-11,21H,4-7,18-19H2,1H3,(H,22,23)(H,24,25). The van der Waals surface area contributed by atoms with Gasteiger partial charge in [0.2, 0.25) is 0 Å². The second-order valence-corrected chi connectivity index (χ2v) is 7.66. The monoisotopic (exact) mass is 362 g/mol. The van der Waals surface area contributed by atoms with E-state index in [-0.39, 0.29) is 35.6 Å². The van der Waals surface area contributed by atoms with Crippen LogP contribution in [0.4, 0.5) is 0 Å². The van der Waals surface area contributed by atoms with Crippen LogP contribution in [-0.2, 0) is 4.79 Å². The Hall–Kier alpha value is -2.26. The predicted molar refractivity (Wildman–Crippen MR) is 95.8 cm³/mol. The van der Waals surface area contributed by atoms with E-state index in [9.17, 15) is 19.8 Å². The van der Waals surface area contributed by atoms with Crippen molar-refractivity contribution in [3.8, 4) is 11.5 Å². The van der Waals surface area contributed by atoms with E-state index in [1.54, 1.807) is 12.1 Å². The number of ether oxygens (including phenoxy) is 1. The summed E-state index contributed by atoms with van der Waals surface area (Å²) in [4.78, 5) is 24.5. The first kappa shape index (κ1) is 18.5. The number of hydrogen-bond acceptors (Lipinski definition) is 6. The van der Waals surface area contributed by atoms with Crippen LogP contribution in [0.3, 0.4) is 0 Å². The SMILES string of the molecule is BC1CC1c1ccc(OC2CN(CC(C)(N)C(=O)O)C2)c(C(=O)O)c1O. The van der Waals surface area contributed by atoms with Gasteiger partial charge < -0.3 is 25.8 Å². The number of phenols is 1. The molecule has 2 fully saturated rings. The van der Waals surface area contributed by atoms with Gasteiger partial charge in [0.05, 0.1) is 0 Å². The molecule has 1 heterocycles. The van der Waals surface area contributed by atoms with E-state index in [4.69, 9.17) is 15.6 Å². The van der Waals surface area contributed by atoms with Gasteiger partial charge in [0, 0.05) is 19.6 Å². The molecule has 0 aromatic heterocycles. The van der Waals surface area contributed by atoms with Gasteiger partial charge >= 0.3 is 11.9 Å². The lowest BCUT2D eigenvalue weighted by molar-refractivity contribution is -0.144. The second-order valence-electron chi connectivity index (χ2n) is 7.66. The van der Waals surface area contributed by atoms with Gasteiger partial charge in [-0.05, 0) is 24.5 Å². The number of rotatable bonds is 7. The van der Waals surface area contributed by atoms with E-state index in [1.807, 2.05) is 4.90 Å². The number of nitrogens with two attached hydrogens (primary N) is 1. The van der Waals surface area contributed by atoms with Crippen molar-refractivity contribution in [3.63, 3.8) is 0 Å².